The molecule has 5 nitrogen and oxygen atoms in total. The SMILES string of the molecule is CN=C(NCCC(=O)N(C)C)NCC(C)C. The van der Waals surface area contributed by atoms with Crippen molar-refractivity contribution in [2.24, 2.45) is 10.9 Å². The molecule has 0 saturated carbocycles. The van der Waals surface area contributed by atoms with E-state index in [9.17, 15) is 4.79 Å². The Balaban J connectivity index is 3.76. The predicted octanol–water partition coefficient (Wildman–Crippen LogP) is 0.286. The van der Waals surface area contributed by atoms with Gasteiger partial charge in [-0.25, -0.2) is 0 Å². The molecule has 0 aromatic heterocycles. The number of carbonyl (C=O) groups excluding carboxylic acids is 1. The molecular weight excluding hydrogens is 204 g/mol. The van der Waals surface area contributed by atoms with Gasteiger partial charge in [0.25, 0.3) is 0 Å². The van der Waals surface area contributed by atoms with Gasteiger partial charge in [-0.05, 0) is 5.92 Å². The molecule has 0 rings (SSSR count). The summed E-state index contributed by atoms with van der Waals surface area (Å²) in [5, 5.41) is 6.29. The number of hydrogen-bond acceptors (Lipinski definition) is 2. The molecule has 0 aromatic carbocycles. The molecule has 5 heteroatoms. The Hall–Kier alpha value is -1.26. The van der Waals surface area contributed by atoms with E-state index in [1.165, 1.54) is 0 Å². The highest BCUT2D eigenvalue weighted by molar-refractivity contribution is 5.81. The maximum Gasteiger partial charge on any atom is 0.223 e. The van der Waals surface area contributed by atoms with E-state index in [2.05, 4.69) is 29.5 Å². The van der Waals surface area contributed by atoms with Gasteiger partial charge in [-0.2, -0.15) is 0 Å². The lowest BCUT2D eigenvalue weighted by atomic mass is 10.2. The second-order valence-corrected chi connectivity index (χ2v) is 4.31. The smallest absolute Gasteiger partial charge is 0.223 e. The van der Waals surface area contributed by atoms with Crippen molar-refractivity contribution in [1.82, 2.24) is 15.5 Å². The van der Waals surface area contributed by atoms with Crippen LogP contribution < -0.4 is 10.6 Å². The van der Waals surface area contributed by atoms with E-state index in [-0.39, 0.29) is 5.91 Å². The fourth-order valence-corrected chi connectivity index (χ4v) is 1.03. The summed E-state index contributed by atoms with van der Waals surface area (Å²) >= 11 is 0. The van der Waals surface area contributed by atoms with Crippen molar-refractivity contribution in [3.05, 3.63) is 0 Å². The first-order valence-corrected chi connectivity index (χ1v) is 5.62. The fraction of sp³-hybridized carbons (Fsp3) is 0.818. The minimum atomic E-state index is 0.117. The van der Waals surface area contributed by atoms with Crippen molar-refractivity contribution < 1.29 is 4.79 Å². The summed E-state index contributed by atoms with van der Waals surface area (Å²) in [4.78, 5) is 17.0. The molecule has 0 bridgehead atoms. The molecular formula is C11H24N4O. The summed E-state index contributed by atoms with van der Waals surface area (Å²) in [6.45, 7) is 5.75. The van der Waals surface area contributed by atoms with Gasteiger partial charge in [0, 0.05) is 40.7 Å². The van der Waals surface area contributed by atoms with Gasteiger partial charge >= 0.3 is 0 Å². The predicted molar refractivity (Wildman–Crippen MR) is 67.5 cm³/mol. The van der Waals surface area contributed by atoms with E-state index in [0.717, 1.165) is 12.5 Å². The van der Waals surface area contributed by atoms with Crippen LogP contribution in [0.1, 0.15) is 20.3 Å². The number of nitrogens with one attached hydrogen (secondary N) is 2. The average Bonchev–Trinajstić information content (AvgIpc) is 2.22. The lowest BCUT2D eigenvalue weighted by molar-refractivity contribution is -0.128. The molecule has 94 valence electrons. The molecule has 0 unspecified atom stereocenters. The Morgan fingerprint density at radius 3 is 2.38 bits per heavy atom. The highest BCUT2D eigenvalue weighted by Gasteiger charge is 2.04. The quantitative estimate of drug-likeness (QED) is 0.525. The summed E-state index contributed by atoms with van der Waals surface area (Å²) in [5.41, 5.74) is 0. The molecule has 0 saturated heterocycles. The molecule has 0 radical (unpaired) electrons. The molecule has 0 fully saturated rings. The third-order valence-electron chi connectivity index (χ3n) is 2.03. The standard InChI is InChI=1S/C11H24N4O/c1-9(2)8-14-11(12-3)13-7-6-10(16)15(4)5/h9H,6-8H2,1-5H3,(H2,12,13,14). The maximum atomic E-state index is 11.3. The number of guanidine groups is 1. The monoisotopic (exact) mass is 228 g/mol. The van der Waals surface area contributed by atoms with Crippen molar-refractivity contribution in [2.45, 2.75) is 20.3 Å². The Kier molecular flexibility index (Phi) is 7.33. The molecule has 2 N–H and O–H groups in total. The topological polar surface area (TPSA) is 56.7 Å². The molecule has 0 spiro atoms. The van der Waals surface area contributed by atoms with Gasteiger partial charge in [0.15, 0.2) is 5.96 Å². The molecule has 16 heavy (non-hydrogen) atoms. The van der Waals surface area contributed by atoms with E-state index >= 15 is 0 Å². The largest absolute Gasteiger partial charge is 0.356 e. The van der Waals surface area contributed by atoms with Crippen molar-refractivity contribution >= 4 is 11.9 Å². The summed E-state index contributed by atoms with van der Waals surface area (Å²) in [5.74, 6) is 1.44. The first-order valence-electron chi connectivity index (χ1n) is 5.62. The molecule has 1 amide bonds. The summed E-state index contributed by atoms with van der Waals surface area (Å²) in [6, 6.07) is 0. The third kappa shape index (κ3) is 7.09. The van der Waals surface area contributed by atoms with Gasteiger partial charge in [0.2, 0.25) is 5.91 Å². The normalized spacial score (nSPS) is 11.5. The lowest BCUT2D eigenvalue weighted by Gasteiger charge is -2.14. The van der Waals surface area contributed by atoms with Gasteiger partial charge in [-0.15, -0.1) is 0 Å². The molecule has 0 aliphatic heterocycles. The Labute approximate surface area is 98.3 Å². The maximum absolute atomic E-state index is 11.3. The molecule has 0 aliphatic rings. The first-order chi connectivity index (χ1) is 7.47. The third-order valence-corrected chi connectivity index (χ3v) is 2.03. The fourth-order valence-electron chi connectivity index (χ4n) is 1.03. The second-order valence-electron chi connectivity index (χ2n) is 4.31. The van der Waals surface area contributed by atoms with E-state index in [1.807, 2.05) is 0 Å². The Bertz CT molecular complexity index is 236. The zero-order chi connectivity index (χ0) is 12.6. The minimum absolute atomic E-state index is 0.117. The molecule has 0 aromatic rings. The number of hydrogen-bond donors (Lipinski definition) is 2. The number of rotatable bonds is 5. The van der Waals surface area contributed by atoms with E-state index < -0.39 is 0 Å². The van der Waals surface area contributed by atoms with Crippen LogP contribution in [0.4, 0.5) is 0 Å². The van der Waals surface area contributed by atoms with Crippen LogP contribution in [0.25, 0.3) is 0 Å². The van der Waals surface area contributed by atoms with Crippen molar-refractivity contribution in [3.8, 4) is 0 Å². The Morgan fingerprint density at radius 2 is 1.94 bits per heavy atom. The van der Waals surface area contributed by atoms with Gasteiger partial charge < -0.3 is 15.5 Å². The molecule has 0 heterocycles. The highest BCUT2D eigenvalue weighted by Crippen LogP contribution is 1.88. The zero-order valence-corrected chi connectivity index (χ0v) is 11.0. The summed E-state index contributed by atoms with van der Waals surface area (Å²) in [6.07, 6.45) is 0.482. The molecule has 0 atom stereocenters. The number of nitrogens with zero attached hydrogens (tertiary/aromatic N) is 2. The summed E-state index contributed by atoms with van der Waals surface area (Å²) in [7, 11) is 5.24. The number of aliphatic imine (C=N–C) groups is 1. The van der Waals surface area contributed by atoms with Crippen LogP contribution in [-0.2, 0) is 4.79 Å². The van der Waals surface area contributed by atoms with Crippen molar-refractivity contribution in [1.29, 1.82) is 0 Å². The highest BCUT2D eigenvalue weighted by atomic mass is 16.2. The second kappa shape index (κ2) is 7.96. The van der Waals surface area contributed by atoms with E-state index in [1.54, 1.807) is 26.0 Å². The van der Waals surface area contributed by atoms with Crippen LogP contribution in [0, 0.1) is 5.92 Å². The van der Waals surface area contributed by atoms with Crippen LogP contribution in [0.3, 0.4) is 0 Å². The van der Waals surface area contributed by atoms with Crippen LogP contribution >= 0.6 is 0 Å². The number of amides is 1. The van der Waals surface area contributed by atoms with Crippen molar-refractivity contribution in [3.63, 3.8) is 0 Å². The Morgan fingerprint density at radius 1 is 1.31 bits per heavy atom. The van der Waals surface area contributed by atoms with Gasteiger partial charge in [0.05, 0.1) is 0 Å². The van der Waals surface area contributed by atoms with Crippen LogP contribution in [0.15, 0.2) is 4.99 Å². The molecule has 0 aliphatic carbocycles. The first kappa shape index (κ1) is 14.7. The van der Waals surface area contributed by atoms with E-state index in [4.69, 9.17) is 0 Å². The summed E-state index contributed by atoms with van der Waals surface area (Å²) < 4.78 is 0. The van der Waals surface area contributed by atoms with E-state index in [0.29, 0.717) is 18.9 Å². The van der Waals surface area contributed by atoms with Gasteiger partial charge in [0.1, 0.15) is 0 Å². The van der Waals surface area contributed by atoms with Crippen LogP contribution in [0.2, 0.25) is 0 Å². The zero-order valence-electron chi connectivity index (χ0n) is 11.0. The average molecular weight is 228 g/mol. The number of carbonyl (C=O) groups is 1. The van der Waals surface area contributed by atoms with Crippen LogP contribution in [0.5, 0.6) is 0 Å². The van der Waals surface area contributed by atoms with Gasteiger partial charge in [-0.3, -0.25) is 9.79 Å². The van der Waals surface area contributed by atoms with Crippen LogP contribution in [-0.4, -0.2) is 51.0 Å². The minimum Gasteiger partial charge on any atom is -0.356 e. The van der Waals surface area contributed by atoms with Gasteiger partial charge in [-0.1, -0.05) is 13.8 Å². The lowest BCUT2D eigenvalue weighted by Crippen LogP contribution is -2.40. The van der Waals surface area contributed by atoms with Crippen molar-refractivity contribution in [2.75, 3.05) is 34.2 Å².